The third-order valence-electron chi connectivity index (χ3n) is 5.12. The average molecular weight is 447 g/mol. The minimum atomic E-state index is -0.0913. The molecule has 0 radical (unpaired) electrons. The Labute approximate surface area is 183 Å². The van der Waals surface area contributed by atoms with Gasteiger partial charge in [-0.3, -0.25) is 4.79 Å². The van der Waals surface area contributed by atoms with Gasteiger partial charge in [-0.15, -0.1) is 21.5 Å². The summed E-state index contributed by atoms with van der Waals surface area (Å²) in [5, 5.41) is 15.3. The molecule has 1 amide bonds. The molecule has 2 aromatic heterocycles. The highest BCUT2D eigenvalue weighted by Gasteiger charge is 2.24. The van der Waals surface area contributed by atoms with E-state index in [-0.39, 0.29) is 11.7 Å². The van der Waals surface area contributed by atoms with E-state index in [2.05, 4.69) is 39.3 Å². The molecular formula is C21H23ClN4OS2. The Balaban J connectivity index is 1.47. The number of rotatable bonds is 6. The van der Waals surface area contributed by atoms with E-state index in [0.29, 0.717) is 10.7 Å². The van der Waals surface area contributed by atoms with E-state index in [1.54, 1.807) is 12.1 Å². The Bertz CT molecular complexity index is 1030. The van der Waals surface area contributed by atoms with Crippen LogP contribution in [0, 0.1) is 5.92 Å². The van der Waals surface area contributed by atoms with Gasteiger partial charge in [0.15, 0.2) is 11.0 Å². The summed E-state index contributed by atoms with van der Waals surface area (Å²) in [7, 11) is 0. The summed E-state index contributed by atoms with van der Waals surface area (Å²) in [5.74, 6) is 1.84. The number of carbonyl (C=O) groups excluding carboxylic acids is 1. The molecule has 2 heterocycles. The molecule has 0 spiro atoms. The quantitative estimate of drug-likeness (QED) is 0.505. The molecule has 1 unspecified atom stereocenters. The summed E-state index contributed by atoms with van der Waals surface area (Å²) < 4.78 is 2.11. The number of fused-ring (bicyclic) bond motifs is 1. The van der Waals surface area contributed by atoms with Gasteiger partial charge in [-0.05, 0) is 55.9 Å². The van der Waals surface area contributed by atoms with Crippen molar-refractivity contribution in [3.05, 3.63) is 45.1 Å². The fraction of sp³-hybridized carbons (Fsp3) is 0.381. The van der Waals surface area contributed by atoms with Crippen molar-refractivity contribution in [1.82, 2.24) is 14.8 Å². The topological polar surface area (TPSA) is 59.8 Å². The molecule has 0 fully saturated rings. The molecule has 0 bridgehead atoms. The first-order chi connectivity index (χ1) is 14.0. The number of hydrogen-bond donors (Lipinski definition) is 1. The second kappa shape index (κ2) is 8.90. The second-order valence-corrected chi connectivity index (χ2v) is 9.64. The van der Waals surface area contributed by atoms with Gasteiger partial charge in [0.1, 0.15) is 0 Å². The maximum Gasteiger partial charge on any atom is 0.234 e. The van der Waals surface area contributed by atoms with Gasteiger partial charge in [0.25, 0.3) is 0 Å². The first-order valence-electron chi connectivity index (χ1n) is 9.76. The summed E-state index contributed by atoms with van der Waals surface area (Å²) in [6.07, 6.45) is 3.49. The van der Waals surface area contributed by atoms with Crippen molar-refractivity contribution >= 4 is 46.3 Å². The van der Waals surface area contributed by atoms with Crippen LogP contribution in [0.5, 0.6) is 0 Å². The van der Waals surface area contributed by atoms with Gasteiger partial charge in [-0.1, -0.05) is 36.4 Å². The molecule has 1 aliphatic rings. The molecule has 4 rings (SSSR count). The normalized spacial score (nSPS) is 15.9. The van der Waals surface area contributed by atoms with Crippen LogP contribution in [-0.2, 0) is 24.2 Å². The summed E-state index contributed by atoms with van der Waals surface area (Å²) >= 11 is 9.22. The van der Waals surface area contributed by atoms with E-state index in [0.717, 1.165) is 36.3 Å². The lowest BCUT2D eigenvalue weighted by Gasteiger charge is -2.19. The summed E-state index contributed by atoms with van der Waals surface area (Å²) in [6.45, 7) is 5.17. The molecule has 1 aromatic carbocycles. The number of carbonyl (C=O) groups is 1. The number of nitrogens with one attached hydrogen (secondary N) is 1. The van der Waals surface area contributed by atoms with Gasteiger partial charge in [0, 0.05) is 33.1 Å². The van der Waals surface area contributed by atoms with Gasteiger partial charge >= 0.3 is 0 Å². The van der Waals surface area contributed by atoms with Crippen LogP contribution >= 0.6 is 34.7 Å². The summed E-state index contributed by atoms with van der Waals surface area (Å²) in [6, 6.07) is 7.15. The van der Waals surface area contributed by atoms with E-state index < -0.39 is 0 Å². The van der Waals surface area contributed by atoms with Crippen LogP contribution in [0.3, 0.4) is 0 Å². The van der Waals surface area contributed by atoms with E-state index >= 15 is 0 Å². The van der Waals surface area contributed by atoms with E-state index in [1.165, 1.54) is 34.2 Å². The fourth-order valence-corrected chi connectivity index (χ4v) is 5.87. The molecule has 0 aliphatic heterocycles. The summed E-state index contributed by atoms with van der Waals surface area (Å²) in [4.78, 5) is 13.8. The Morgan fingerprint density at radius 2 is 2.28 bits per heavy atom. The number of aromatic nitrogens is 3. The van der Waals surface area contributed by atoms with Gasteiger partial charge in [-0.25, -0.2) is 0 Å². The van der Waals surface area contributed by atoms with Crippen LogP contribution in [0.4, 0.5) is 5.69 Å². The smallest absolute Gasteiger partial charge is 0.234 e. The highest BCUT2D eigenvalue weighted by Crippen LogP contribution is 2.38. The maximum atomic E-state index is 12.3. The first kappa shape index (κ1) is 20.4. The Kier molecular flexibility index (Phi) is 6.27. The Hall–Kier alpha value is -1.83. The van der Waals surface area contributed by atoms with Crippen LogP contribution in [0.1, 0.15) is 30.7 Å². The van der Waals surface area contributed by atoms with Crippen molar-refractivity contribution < 1.29 is 4.79 Å². The van der Waals surface area contributed by atoms with Crippen LogP contribution in [0.2, 0.25) is 5.02 Å². The van der Waals surface area contributed by atoms with E-state index in [4.69, 9.17) is 11.6 Å². The van der Waals surface area contributed by atoms with Crippen LogP contribution in [0.25, 0.3) is 11.4 Å². The largest absolute Gasteiger partial charge is 0.325 e. The molecule has 0 saturated carbocycles. The average Bonchev–Trinajstić information content (AvgIpc) is 3.29. The maximum absolute atomic E-state index is 12.3. The zero-order valence-electron chi connectivity index (χ0n) is 16.4. The molecule has 0 saturated heterocycles. The van der Waals surface area contributed by atoms with E-state index in [1.807, 2.05) is 23.5 Å². The van der Waals surface area contributed by atoms with Gasteiger partial charge in [-0.2, -0.15) is 0 Å². The SMILES string of the molecule is CCn1c(SCC(=O)Nc2cccc(Cl)c2)nnc1-c1csc2c1CCC(C)C2. The zero-order chi connectivity index (χ0) is 20.4. The first-order valence-corrected chi connectivity index (χ1v) is 12.0. The minimum Gasteiger partial charge on any atom is -0.325 e. The zero-order valence-corrected chi connectivity index (χ0v) is 18.8. The van der Waals surface area contributed by atoms with Crippen molar-refractivity contribution in [2.24, 2.45) is 5.92 Å². The number of anilines is 1. The van der Waals surface area contributed by atoms with Gasteiger partial charge < -0.3 is 9.88 Å². The Morgan fingerprint density at radius 3 is 3.07 bits per heavy atom. The monoisotopic (exact) mass is 446 g/mol. The molecule has 1 atom stereocenters. The second-order valence-electron chi connectivity index (χ2n) is 7.30. The Morgan fingerprint density at radius 1 is 1.41 bits per heavy atom. The molecule has 8 heteroatoms. The number of thioether (sulfide) groups is 1. The van der Waals surface area contributed by atoms with Crippen molar-refractivity contribution in [2.45, 2.75) is 44.8 Å². The minimum absolute atomic E-state index is 0.0913. The molecule has 1 N–H and O–H groups in total. The predicted octanol–water partition coefficient (Wildman–Crippen LogP) is 5.54. The predicted molar refractivity (Wildman–Crippen MR) is 121 cm³/mol. The molecule has 5 nitrogen and oxygen atoms in total. The lowest BCUT2D eigenvalue weighted by atomic mass is 9.88. The number of hydrogen-bond acceptors (Lipinski definition) is 5. The molecular weight excluding hydrogens is 424 g/mol. The number of nitrogens with zero attached hydrogens (tertiary/aromatic N) is 3. The number of thiophene rings is 1. The van der Waals surface area contributed by atoms with Crippen molar-refractivity contribution in [3.8, 4) is 11.4 Å². The number of benzene rings is 1. The number of amides is 1. The lowest BCUT2D eigenvalue weighted by Crippen LogP contribution is -2.14. The van der Waals surface area contributed by atoms with Crippen molar-refractivity contribution in [3.63, 3.8) is 0 Å². The molecule has 152 valence electrons. The lowest BCUT2D eigenvalue weighted by molar-refractivity contribution is -0.113. The van der Waals surface area contributed by atoms with Gasteiger partial charge in [0.2, 0.25) is 5.91 Å². The standard InChI is InChI=1S/C21H23ClN4OS2/c1-3-26-20(17-11-28-18-9-13(2)7-8-16(17)18)24-25-21(26)29-12-19(27)23-15-6-4-5-14(22)10-15/h4-6,10-11,13H,3,7-9,12H2,1-2H3,(H,23,27). The van der Waals surface area contributed by atoms with Gasteiger partial charge in [0.05, 0.1) is 5.75 Å². The third kappa shape index (κ3) is 4.52. The van der Waals surface area contributed by atoms with E-state index in [9.17, 15) is 4.79 Å². The van der Waals surface area contributed by atoms with Crippen LogP contribution in [-0.4, -0.2) is 26.4 Å². The third-order valence-corrected chi connectivity index (χ3v) is 7.37. The molecule has 1 aliphatic carbocycles. The number of halogens is 1. The molecule has 29 heavy (non-hydrogen) atoms. The highest BCUT2D eigenvalue weighted by atomic mass is 35.5. The summed E-state index contributed by atoms with van der Waals surface area (Å²) in [5.41, 5.74) is 3.34. The van der Waals surface area contributed by atoms with Crippen LogP contribution < -0.4 is 5.32 Å². The highest BCUT2D eigenvalue weighted by molar-refractivity contribution is 7.99. The van der Waals surface area contributed by atoms with Crippen molar-refractivity contribution in [1.29, 1.82) is 0 Å². The molecule has 3 aromatic rings. The van der Waals surface area contributed by atoms with Crippen LogP contribution in [0.15, 0.2) is 34.8 Å². The van der Waals surface area contributed by atoms with Crippen molar-refractivity contribution in [2.75, 3.05) is 11.1 Å². The fourth-order valence-electron chi connectivity index (χ4n) is 3.64.